The van der Waals surface area contributed by atoms with Crippen molar-refractivity contribution in [2.45, 2.75) is 430 Å². The summed E-state index contributed by atoms with van der Waals surface area (Å²) in [5.74, 6) is -9.02. The number of aliphatic hydroxyl groups excluding tert-OH is 16. The zero-order valence-corrected chi connectivity index (χ0v) is 66.8. The highest BCUT2D eigenvalue weighted by molar-refractivity contribution is 5.77. The lowest BCUT2D eigenvalue weighted by Crippen LogP contribution is -2.71. The number of unbranched alkanes of at least 4 members (excludes halogenated alkanes) is 31. The van der Waals surface area contributed by atoms with Crippen LogP contribution in [0.25, 0.3) is 0 Å². The van der Waals surface area contributed by atoms with Crippen molar-refractivity contribution in [1.29, 1.82) is 0 Å². The molecule has 656 valence electrons. The number of rotatable bonds is 59. The highest BCUT2D eigenvalue weighted by Crippen LogP contribution is 2.43. The van der Waals surface area contributed by atoms with Gasteiger partial charge in [-0.25, -0.2) is 4.79 Å². The quantitative estimate of drug-likeness (QED) is 0.0388. The number of aliphatic hydroxyl groups is 16. The molecule has 5 aliphatic rings. The molecule has 0 aromatic rings. The van der Waals surface area contributed by atoms with Crippen LogP contribution in [-0.4, -0.2) is 315 Å². The molecule has 5 fully saturated rings. The summed E-state index contributed by atoms with van der Waals surface area (Å²) in [4.78, 5) is 53.3. The third-order valence-corrected chi connectivity index (χ3v) is 22.5. The fourth-order valence-corrected chi connectivity index (χ4v) is 15.7. The molecule has 0 radical (unpaired) electrons. The Kier molecular flexibility index (Phi) is 48.3. The van der Waals surface area contributed by atoms with Crippen LogP contribution in [0.15, 0.2) is 0 Å². The molecule has 33 nitrogen and oxygen atoms in total. The molecule has 0 aromatic carbocycles. The van der Waals surface area contributed by atoms with Gasteiger partial charge in [-0.1, -0.05) is 219 Å². The van der Waals surface area contributed by atoms with Crippen LogP contribution >= 0.6 is 0 Å². The molecular weight excluding hydrogens is 1470 g/mol. The first-order valence-corrected chi connectivity index (χ1v) is 42.1. The molecule has 19 N–H and O–H groups in total. The van der Waals surface area contributed by atoms with Crippen LogP contribution in [0.5, 0.6) is 0 Å². The van der Waals surface area contributed by atoms with Crippen molar-refractivity contribution in [2.24, 2.45) is 5.92 Å². The Labute approximate surface area is 661 Å². The summed E-state index contributed by atoms with van der Waals surface area (Å²) in [6.45, 7) is 0.634. The highest BCUT2D eigenvalue weighted by atomic mass is 16.8. The van der Waals surface area contributed by atoms with Gasteiger partial charge in [0.1, 0.15) is 110 Å². The molecule has 28 atom stereocenters. The minimum atomic E-state index is -3.36. The van der Waals surface area contributed by atoms with Gasteiger partial charge >= 0.3 is 5.97 Å². The maximum absolute atomic E-state index is 13.9. The van der Waals surface area contributed by atoms with E-state index in [9.17, 15) is 106 Å². The van der Waals surface area contributed by atoms with E-state index in [-0.39, 0.29) is 18.7 Å². The molecule has 0 saturated carbocycles. The number of carbonyl (C=O) groups is 4. The van der Waals surface area contributed by atoms with Gasteiger partial charge in [-0.3, -0.25) is 9.59 Å². The lowest BCUT2D eigenvalue weighted by atomic mass is 9.86. The predicted octanol–water partition coefficient (Wildman–Crippen LogP) is 2.22. The molecule has 5 heterocycles. The van der Waals surface area contributed by atoms with Gasteiger partial charge in [0.15, 0.2) is 25.2 Å². The fraction of sp³-hybridized carbons (Fsp3) is 0.949. The first kappa shape index (κ1) is 99.6. The van der Waals surface area contributed by atoms with Gasteiger partial charge in [0.25, 0.3) is 5.79 Å². The third kappa shape index (κ3) is 32.0. The molecule has 1 unspecified atom stereocenters. The second-order valence-electron chi connectivity index (χ2n) is 31.7. The Morgan fingerprint density at radius 1 is 0.455 bits per heavy atom. The summed E-state index contributed by atoms with van der Waals surface area (Å²) >= 11 is 0. The molecule has 2 amide bonds. The Morgan fingerprint density at radius 3 is 1.35 bits per heavy atom. The first-order chi connectivity index (χ1) is 53.8. The molecular formula is C79H144N2O31. The molecule has 5 aliphatic heterocycles. The SMILES string of the molecule is CCCCCCCCCCCCCCCCCCCCCCC(=O)N[C@@H](CO[C@@H]1O[C@H](CO)[C@@H](O[C@@H]2O[C@H](CO)[C@H](O[C@@H]3O[C@H](CO)[C@H](O)[C@H](O[C@@H]4O[C@H](CO)[C@H](O)[C@H](O)[C@H]4O)[C@H]3CC(C)=O)[C@H](O[C@]3(C(=O)O)C[C@H](O)[C@@H](NC(C)=O)C([C@H](O)[C@H](O)CO)O3)[C@H]2O)[C@H](O)[C@H]1O)[C@H](O)CCCCCCCCCCCCCCC. The van der Waals surface area contributed by atoms with E-state index in [1.807, 2.05) is 0 Å². The molecule has 5 saturated heterocycles. The van der Waals surface area contributed by atoms with Crippen LogP contribution in [0.3, 0.4) is 0 Å². The number of carboxylic acids is 1. The molecule has 33 heteroatoms. The third-order valence-electron chi connectivity index (χ3n) is 22.5. The van der Waals surface area contributed by atoms with Gasteiger partial charge in [0.2, 0.25) is 11.8 Å². The number of hydrogen-bond donors (Lipinski definition) is 19. The van der Waals surface area contributed by atoms with E-state index in [1.165, 1.54) is 141 Å². The zero-order valence-electron chi connectivity index (χ0n) is 66.8. The first-order valence-electron chi connectivity index (χ1n) is 42.1. The number of ether oxygens (including phenoxy) is 10. The molecule has 0 aromatic heterocycles. The van der Waals surface area contributed by atoms with Crippen LogP contribution in [-0.2, 0) is 66.5 Å². The van der Waals surface area contributed by atoms with E-state index in [1.54, 1.807) is 0 Å². The van der Waals surface area contributed by atoms with E-state index < -0.39 is 241 Å². The van der Waals surface area contributed by atoms with E-state index in [0.29, 0.717) is 12.8 Å². The predicted molar refractivity (Wildman–Crippen MR) is 403 cm³/mol. The number of amides is 2. The Balaban J connectivity index is 1.34. The van der Waals surface area contributed by atoms with Crippen molar-refractivity contribution in [3.63, 3.8) is 0 Å². The van der Waals surface area contributed by atoms with Gasteiger partial charge in [0, 0.05) is 32.1 Å². The number of nitrogens with one attached hydrogen (secondary N) is 2. The molecule has 0 aliphatic carbocycles. The largest absolute Gasteiger partial charge is 0.477 e. The normalized spacial score (nSPS) is 33.6. The average molecular weight is 1620 g/mol. The summed E-state index contributed by atoms with van der Waals surface area (Å²) in [6.07, 6.45) is -11.4. The highest BCUT2D eigenvalue weighted by Gasteiger charge is 2.62. The fourth-order valence-electron chi connectivity index (χ4n) is 15.7. The summed E-state index contributed by atoms with van der Waals surface area (Å²) in [5, 5.41) is 195. The van der Waals surface area contributed by atoms with Gasteiger partial charge in [-0.15, -0.1) is 0 Å². The Morgan fingerprint density at radius 2 is 0.875 bits per heavy atom. The average Bonchev–Trinajstić information content (AvgIpc) is 0.769. The Hall–Kier alpha value is -2.96. The molecule has 5 rings (SSSR count). The number of Topliss-reactive ketones (excluding diaryl/α,β-unsaturated/α-hetero) is 1. The van der Waals surface area contributed by atoms with E-state index in [2.05, 4.69) is 24.5 Å². The van der Waals surface area contributed by atoms with Crippen molar-refractivity contribution in [3.05, 3.63) is 0 Å². The topological polar surface area (TPSA) is 529 Å². The number of aliphatic carboxylic acids is 1. The lowest BCUT2D eigenvalue weighted by Gasteiger charge is -2.52. The van der Waals surface area contributed by atoms with E-state index in [0.717, 1.165) is 71.6 Å². The molecule has 0 spiro atoms. The van der Waals surface area contributed by atoms with Gasteiger partial charge in [-0.05, 0) is 19.8 Å². The lowest BCUT2D eigenvalue weighted by molar-refractivity contribution is -0.406. The second kappa shape index (κ2) is 54.3. The van der Waals surface area contributed by atoms with Gasteiger partial charge in [-0.2, -0.15) is 0 Å². The van der Waals surface area contributed by atoms with Crippen molar-refractivity contribution in [2.75, 3.05) is 39.6 Å². The smallest absolute Gasteiger partial charge is 0.364 e. The van der Waals surface area contributed by atoms with Crippen molar-refractivity contribution in [1.82, 2.24) is 10.6 Å². The van der Waals surface area contributed by atoms with Crippen LogP contribution in [0.1, 0.15) is 265 Å². The Bertz CT molecular complexity index is 2540. The van der Waals surface area contributed by atoms with E-state index >= 15 is 0 Å². The molecule has 112 heavy (non-hydrogen) atoms. The summed E-state index contributed by atoms with van der Waals surface area (Å²) < 4.78 is 60.6. The zero-order chi connectivity index (χ0) is 82.3. The number of carboxylic acid groups (broad SMARTS) is 1. The van der Waals surface area contributed by atoms with Crippen molar-refractivity contribution < 1.29 is 153 Å². The van der Waals surface area contributed by atoms with Crippen molar-refractivity contribution in [3.8, 4) is 0 Å². The van der Waals surface area contributed by atoms with Crippen LogP contribution in [0.4, 0.5) is 0 Å². The van der Waals surface area contributed by atoms with Crippen LogP contribution in [0.2, 0.25) is 0 Å². The summed E-state index contributed by atoms with van der Waals surface area (Å²) in [6, 6.07) is -2.80. The standard InChI is InChI=1S/C79H144N2O31/c1-5-7-9-11-13-15-17-19-20-21-22-23-24-25-27-29-31-33-35-37-39-59(92)81-51(52(89)38-36-34-32-30-28-26-18-16-14-12-10-8-6-2)47-103-75-67(99)65(97)70(57(45-85)106-75)109-77-68(100)73(112-79(78(101)102)41-53(90)60(80-49(4)88)72(111-79)61(93)54(91)42-82)71(58(46-86)107-77)110-74-50(40-48(3)87)69(63(95)56(44-84)104-74)108-76-66(98)64(96)62(94)55(43-83)105-76/h50-58,60-77,82-86,89-91,93-100H,5-47H2,1-4H3,(H,80,88)(H,81,92)(H,101,102)/t50-,51+,52-,53+,54-,55-,56-,57-,58-,60-,61-,62+,63+,64+,65-,66-,67-,68-,69-,70-,71+,72?,73-,74+,75-,76+,77+,79+/m1/s1. The molecule has 0 bridgehead atoms. The number of hydrogen-bond acceptors (Lipinski definition) is 30. The monoisotopic (exact) mass is 1620 g/mol. The van der Waals surface area contributed by atoms with Gasteiger partial charge < -0.3 is 150 Å². The minimum absolute atomic E-state index is 0.162. The van der Waals surface area contributed by atoms with E-state index in [4.69, 9.17) is 47.4 Å². The maximum Gasteiger partial charge on any atom is 0.364 e. The van der Waals surface area contributed by atoms with Crippen molar-refractivity contribution >= 4 is 23.6 Å². The maximum atomic E-state index is 13.9. The van der Waals surface area contributed by atoms with Crippen LogP contribution in [0, 0.1) is 5.92 Å². The van der Waals surface area contributed by atoms with Crippen LogP contribution < -0.4 is 10.6 Å². The summed E-state index contributed by atoms with van der Waals surface area (Å²) in [5.41, 5.74) is 0. The minimum Gasteiger partial charge on any atom is -0.477 e. The second-order valence-corrected chi connectivity index (χ2v) is 31.7. The van der Waals surface area contributed by atoms with Gasteiger partial charge in [0.05, 0.1) is 70.0 Å². The number of ketones is 1. The summed E-state index contributed by atoms with van der Waals surface area (Å²) in [7, 11) is 0. The number of carbonyl (C=O) groups excluding carboxylic acids is 3.